The maximum Gasteiger partial charge on any atom is 0.264 e. The summed E-state index contributed by atoms with van der Waals surface area (Å²) in [6, 6.07) is 3.19. The highest BCUT2D eigenvalue weighted by Gasteiger charge is 2.38. The average molecular weight is 291 g/mol. The van der Waals surface area contributed by atoms with Crippen molar-refractivity contribution in [2.24, 2.45) is 5.92 Å². The van der Waals surface area contributed by atoms with Gasteiger partial charge >= 0.3 is 0 Å². The molecule has 2 heterocycles. The smallest absolute Gasteiger partial charge is 0.264 e. The molecule has 3 unspecified atom stereocenters. The lowest BCUT2D eigenvalue weighted by atomic mass is 10.0. The van der Waals surface area contributed by atoms with Gasteiger partial charge in [-0.05, 0) is 38.2 Å². The first-order chi connectivity index (χ1) is 10.2. The second kappa shape index (κ2) is 5.97. The van der Waals surface area contributed by atoms with Crippen molar-refractivity contribution in [3.63, 3.8) is 0 Å². The Hall–Kier alpha value is -1.69. The maximum absolute atomic E-state index is 12.7. The number of ether oxygens (including phenoxy) is 1. The van der Waals surface area contributed by atoms with Gasteiger partial charge in [-0.3, -0.25) is 9.59 Å². The lowest BCUT2D eigenvalue weighted by Crippen LogP contribution is -2.35. The highest BCUT2D eigenvalue weighted by atomic mass is 16.5. The molecule has 1 saturated heterocycles. The highest BCUT2D eigenvalue weighted by molar-refractivity contribution is 5.80. The molecular formula is C15H21N3O3. The van der Waals surface area contributed by atoms with Crippen LogP contribution in [0.5, 0.6) is 0 Å². The van der Waals surface area contributed by atoms with E-state index >= 15 is 0 Å². The first kappa shape index (κ1) is 14.3. The largest absolute Gasteiger partial charge is 0.381 e. The summed E-state index contributed by atoms with van der Waals surface area (Å²) in [5.41, 5.74) is 0.565. The van der Waals surface area contributed by atoms with Gasteiger partial charge < -0.3 is 9.64 Å². The second-order valence-corrected chi connectivity index (χ2v) is 5.90. The van der Waals surface area contributed by atoms with Gasteiger partial charge in [0.15, 0.2) is 0 Å². The van der Waals surface area contributed by atoms with Gasteiger partial charge in [0.1, 0.15) is 0 Å². The number of H-pyrrole nitrogens is 1. The van der Waals surface area contributed by atoms with E-state index in [0.29, 0.717) is 0 Å². The lowest BCUT2D eigenvalue weighted by molar-refractivity contribution is -0.136. The molecule has 0 bridgehead atoms. The van der Waals surface area contributed by atoms with Crippen LogP contribution >= 0.6 is 0 Å². The Morgan fingerprint density at radius 1 is 1.38 bits per heavy atom. The van der Waals surface area contributed by atoms with Gasteiger partial charge in [-0.1, -0.05) is 0 Å². The third-order valence-corrected chi connectivity index (χ3v) is 4.65. The molecule has 2 aliphatic rings. The fourth-order valence-electron chi connectivity index (χ4n) is 3.49. The third-order valence-electron chi connectivity index (χ3n) is 4.65. The number of carbonyl (C=O) groups is 1. The molecule has 0 radical (unpaired) electrons. The highest BCUT2D eigenvalue weighted by Crippen LogP contribution is 2.35. The average Bonchev–Trinajstić information content (AvgIpc) is 3.16. The molecular weight excluding hydrogens is 270 g/mol. The van der Waals surface area contributed by atoms with E-state index in [1.54, 1.807) is 13.2 Å². The first-order valence-corrected chi connectivity index (χ1v) is 7.58. The van der Waals surface area contributed by atoms with Crippen LogP contribution in [0, 0.1) is 5.92 Å². The second-order valence-electron chi connectivity index (χ2n) is 5.90. The van der Waals surface area contributed by atoms with Gasteiger partial charge in [-0.2, -0.15) is 5.10 Å². The molecule has 1 aromatic heterocycles. The van der Waals surface area contributed by atoms with Crippen LogP contribution in [-0.2, 0) is 9.53 Å². The van der Waals surface area contributed by atoms with Gasteiger partial charge in [0.2, 0.25) is 5.91 Å². The number of hydrogen-bond acceptors (Lipinski definition) is 4. The quantitative estimate of drug-likeness (QED) is 0.909. The molecule has 1 saturated carbocycles. The molecule has 0 spiro atoms. The molecule has 0 aromatic carbocycles. The third kappa shape index (κ3) is 2.85. The van der Waals surface area contributed by atoms with E-state index in [0.717, 1.165) is 44.3 Å². The zero-order valence-corrected chi connectivity index (χ0v) is 12.2. The Balaban J connectivity index is 1.73. The number of hydrogen-bond donors (Lipinski definition) is 1. The van der Waals surface area contributed by atoms with Gasteiger partial charge in [-0.15, -0.1) is 0 Å². The SMILES string of the molecule is COC1CCC(C(=O)N2CCCC2c2ccc(=O)[nH]n2)C1. The predicted octanol–water partition coefficient (Wildman–Crippen LogP) is 1.25. The summed E-state index contributed by atoms with van der Waals surface area (Å²) in [5.74, 6) is 0.281. The van der Waals surface area contributed by atoms with Crippen molar-refractivity contribution in [1.29, 1.82) is 0 Å². The van der Waals surface area contributed by atoms with Crippen LogP contribution in [0.4, 0.5) is 0 Å². The number of aromatic amines is 1. The Labute approximate surface area is 123 Å². The predicted molar refractivity (Wildman–Crippen MR) is 76.7 cm³/mol. The van der Waals surface area contributed by atoms with Crippen LogP contribution < -0.4 is 5.56 Å². The topological polar surface area (TPSA) is 75.3 Å². The standard InChI is InChI=1S/C15H21N3O3/c1-21-11-5-4-10(9-11)15(20)18-8-2-3-13(18)12-6-7-14(19)17-16-12/h6-7,10-11,13H,2-5,8-9H2,1H3,(H,17,19). The van der Waals surface area contributed by atoms with Crippen molar-refractivity contribution in [3.05, 3.63) is 28.2 Å². The minimum Gasteiger partial charge on any atom is -0.381 e. The number of likely N-dealkylation sites (tertiary alicyclic amines) is 1. The molecule has 2 fully saturated rings. The molecule has 1 aliphatic heterocycles. The van der Waals surface area contributed by atoms with Crippen molar-refractivity contribution in [1.82, 2.24) is 15.1 Å². The summed E-state index contributed by atoms with van der Waals surface area (Å²) in [6.07, 6.45) is 4.79. The molecule has 3 atom stereocenters. The molecule has 21 heavy (non-hydrogen) atoms. The van der Waals surface area contributed by atoms with Gasteiger partial charge in [-0.25, -0.2) is 5.10 Å². The number of methoxy groups -OCH3 is 1. The van der Waals surface area contributed by atoms with Crippen LogP contribution in [0.1, 0.15) is 43.8 Å². The number of carbonyl (C=O) groups excluding carboxylic acids is 1. The van der Waals surface area contributed by atoms with E-state index in [4.69, 9.17) is 4.74 Å². The van der Waals surface area contributed by atoms with Gasteiger partial charge in [0, 0.05) is 25.6 Å². The Morgan fingerprint density at radius 2 is 2.24 bits per heavy atom. The van der Waals surface area contributed by atoms with E-state index in [-0.39, 0.29) is 29.5 Å². The van der Waals surface area contributed by atoms with E-state index in [1.807, 2.05) is 4.90 Å². The monoisotopic (exact) mass is 291 g/mol. The fourth-order valence-corrected chi connectivity index (χ4v) is 3.49. The maximum atomic E-state index is 12.7. The van der Waals surface area contributed by atoms with Crippen LogP contribution in [0.15, 0.2) is 16.9 Å². The van der Waals surface area contributed by atoms with Crippen molar-refractivity contribution in [3.8, 4) is 0 Å². The molecule has 1 amide bonds. The van der Waals surface area contributed by atoms with E-state index in [2.05, 4.69) is 10.2 Å². The van der Waals surface area contributed by atoms with Crippen LogP contribution in [0.2, 0.25) is 0 Å². The summed E-state index contributed by atoms with van der Waals surface area (Å²) in [6.45, 7) is 0.776. The van der Waals surface area contributed by atoms with Crippen molar-refractivity contribution < 1.29 is 9.53 Å². The normalized spacial score (nSPS) is 29.0. The molecule has 6 nitrogen and oxygen atoms in total. The van der Waals surface area contributed by atoms with Crippen LogP contribution in [0.25, 0.3) is 0 Å². The molecule has 3 rings (SSSR count). The Kier molecular flexibility index (Phi) is 4.05. The number of amides is 1. The van der Waals surface area contributed by atoms with Gasteiger partial charge in [0.05, 0.1) is 17.8 Å². The summed E-state index contributed by atoms with van der Waals surface area (Å²) in [7, 11) is 1.71. The zero-order valence-electron chi connectivity index (χ0n) is 12.2. The van der Waals surface area contributed by atoms with Crippen LogP contribution in [0.3, 0.4) is 0 Å². The fraction of sp³-hybridized carbons (Fsp3) is 0.667. The summed E-state index contributed by atoms with van der Waals surface area (Å²) in [5, 5.41) is 6.55. The minimum atomic E-state index is -0.214. The lowest BCUT2D eigenvalue weighted by Gasteiger charge is -2.26. The van der Waals surface area contributed by atoms with E-state index < -0.39 is 0 Å². The van der Waals surface area contributed by atoms with Crippen molar-refractivity contribution >= 4 is 5.91 Å². The molecule has 6 heteroatoms. The van der Waals surface area contributed by atoms with E-state index in [9.17, 15) is 9.59 Å². The molecule has 1 N–H and O–H groups in total. The molecule has 114 valence electrons. The zero-order chi connectivity index (χ0) is 14.8. The van der Waals surface area contributed by atoms with E-state index in [1.165, 1.54) is 6.07 Å². The minimum absolute atomic E-state index is 0.00375. The number of aromatic nitrogens is 2. The molecule has 1 aromatic rings. The number of nitrogens with zero attached hydrogens (tertiary/aromatic N) is 2. The number of nitrogens with one attached hydrogen (secondary N) is 1. The summed E-state index contributed by atoms with van der Waals surface area (Å²) < 4.78 is 5.36. The van der Waals surface area contributed by atoms with Gasteiger partial charge in [0.25, 0.3) is 5.56 Å². The summed E-state index contributed by atoms with van der Waals surface area (Å²) in [4.78, 5) is 25.8. The van der Waals surface area contributed by atoms with Crippen molar-refractivity contribution in [2.75, 3.05) is 13.7 Å². The number of rotatable bonds is 3. The molecule has 1 aliphatic carbocycles. The van der Waals surface area contributed by atoms with Crippen LogP contribution in [-0.4, -0.2) is 40.8 Å². The van der Waals surface area contributed by atoms with Crippen molar-refractivity contribution in [2.45, 2.75) is 44.2 Å². The Bertz CT molecular complexity index is 551. The Morgan fingerprint density at radius 3 is 2.90 bits per heavy atom. The summed E-state index contributed by atoms with van der Waals surface area (Å²) >= 11 is 0. The first-order valence-electron chi connectivity index (χ1n) is 7.58.